The van der Waals surface area contributed by atoms with Gasteiger partial charge in [0.1, 0.15) is 0 Å². The van der Waals surface area contributed by atoms with Gasteiger partial charge in [-0.1, -0.05) is 26.7 Å². The summed E-state index contributed by atoms with van der Waals surface area (Å²) in [6.07, 6.45) is 6.77. The lowest BCUT2D eigenvalue weighted by atomic mass is 10.1. The zero-order valence-electron chi connectivity index (χ0n) is 16.7. The van der Waals surface area contributed by atoms with E-state index in [9.17, 15) is 0 Å². The average Bonchev–Trinajstić information content (AvgIpc) is 2.69. The van der Waals surface area contributed by atoms with Gasteiger partial charge in [-0.15, -0.1) is 0 Å². The first kappa shape index (κ1) is 20.3. The van der Waals surface area contributed by atoms with Gasteiger partial charge < -0.3 is 19.7 Å². The van der Waals surface area contributed by atoms with Crippen LogP contribution < -0.4 is 14.8 Å². The van der Waals surface area contributed by atoms with Crippen LogP contribution in [-0.2, 0) is 0 Å². The predicted octanol–water partition coefficient (Wildman–Crippen LogP) is 4.57. The van der Waals surface area contributed by atoms with Crippen LogP contribution in [0.15, 0.2) is 24.4 Å². The fourth-order valence-corrected chi connectivity index (χ4v) is 3.27. The van der Waals surface area contributed by atoms with Gasteiger partial charge in [0.2, 0.25) is 0 Å². The van der Waals surface area contributed by atoms with E-state index in [1.165, 1.54) is 25.8 Å². The number of nitrogens with zero attached hydrogens (tertiary/aromatic N) is 2. The molecule has 5 heteroatoms. The molecule has 0 unspecified atom stereocenters. The van der Waals surface area contributed by atoms with Gasteiger partial charge >= 0.3 is 0 Å². The molecule has 1 N–H and O–H groups in total. The first-order chi connectivity index (χ1) is 12.7. The van der Waals surface area contributed by atoms with Gasteiger partial charge in [0, 0.05) is 24.2 Å². The molecule has 1 aromatic carbocycles. The van der Waals surface area contributed by atoms with Crippen molar-refractivity contribution >= 4 is 16.6 Å². The average molecular weight is 360 g/mol. The second-order valence-electron chi connectivity index (χ2n) is 6.43. The quantitative estimate of drug-likeness (QED) is 0.563. The van der Waals surface area contributed by atoms with Gasteiger partial charge in [0.25, 0.3) is 0 Å². The van der Waals surface area contributed by atoms with E-state index in [1.54, 1.807) is 14.2 Å². The van der Waals surface area contributed by atoms with Crippen LogP contribution >= 0.6 is 0 Å². The molecule has 144 valence electrons. The highest BCUT2D eigenvalue weighted by Gasteiger charge is 2.13. The highest BCUT2D eigenvalue weighted by Crippen LogP contribution is 2.39. The Morgan fingerprint density at radius 2 is 1.81 bits per heavy atom. The summed E-state index contributed by atoms with van der Waals surface area (Å²) in [5, 5.41) is 4.50. The third-order valence-electron chi connectivity index (χ3n) is 4.84. The van der Waals surface area contributed by atoms with Gasteiger partial charge in [-0.3, -0.25) is 4.98 Å². The van der Waals surface area contributed by atoms with E-state index < -0.39 is 0 Å². The largest absolute Gasteiger partial charge is 0.493 e. The van der Waals surface area contributed by atoms with Gasteiger partial charge in [-0.25, -0.2) is 0 Å². The Balaban J connectivity index is 1.89. The van der Waals surface area contributed by atoms with Crippen LogP contribution in [0.5, 0.6) is 11.5 Å². The van der Waals surface area contributed by atoms with E-state index in [-0.39, 0.29) is 0 Å². The van der Waals surface area contributed by atoms with Crippen molar-refractivity contribution in [2.24, 2.45) is 0 Å². The van der Waals surface area contributed by atoms with E-state index in [2.05, 4.69) is 29.0 Å². The van der Waals surface area contributed by atoms with Crippen LogP contribution in [0, 0.1) is 0 Å². The summed E-state index contributed by atoms with van der Waals surface area (Å²) < 4.78 is 11.0. The molecule has 2 rings (SSSR count). The normalized spacial score (nSPS) is 11.1. The van der Waals surface area contributed by atoms with Crippen LogP contribution in [0.1, 0.15) is 39.5 Å². The molecule has 0 fully saturated rings. The lowest BCUT2D eigenvalue weighted by Gasteiger charge is -2.17. The van der Waals surface area contributed by atoms with Crippen molar-refractivity contribution in [1.82, 2.24) is 9.88 Å². The summed E-state index contributed by atoms with van der Waals surface area (Å²) in [5.74, 6) is 1.47. The second kappa shape index (κ2) is 10.9. The molecule has 26 heavy (non-hydrogen) atoms. The van der Waals surface area contributed by atoms with Crippen LogP contribution in [0.4, 0.5) is 5.69 Å². The minimum absolute atomic E-state index is 0.731. The van der Waals surface area contributed by atoms with E-state index in [1.807, 2.05) is 24.4 Å². The minimum atomic E-state index is 0.731. The number of fused-ring (bicyclic) bond motifs is 1. The van der Waals surface area contributed by atoms with E-state index >= 15 is 0 Å². The standard InChI is InChI=1S/C21H33N3O2/c1-5-24(6-2)15-10-8-7-9-13-22-18-16-19(25-3)21(26-4)17-12-11-14-23-20(17)18/h11-12,14,16,22H,5-10,13,15H2,1-4H3. The molecule has 1 heterocycles. The van der Waals surface area contributed by atoms with Crippen LogP contribution in [0.25, 0.3) is 10.9 Å². The molecule has 0 aliphatic rings. The van der Waals surface area contributed by atoms with Crippen molar-refractivity contribution in [3.63, 3.8) is 0 Å². The topological polar surface area (TPSA) is 46.6 Å². The van der Waals surface area contributed by atoms with E-state index in [0.717, 1.165) is 54.1 Å². The number of anilines is 1. The summed E-state index contributed by atoms with van der Waals surface area (Å²) in [5.41, 5.74) is 1.92. The third-order valence-corrected chi connectivity index (χ3v) is 4.84. The molecular weight excluding hydrogens is 326 g/mol. The number of hydrogen-bond acceptors (Lipinski definition) is 5. The Morgan fingerprint density at radius 3 is 2.50 bits per heavy atom. The number of nitrogens with one attached hydrogen (secondary N) is 1. The van der Waals surface area contributed by atoms with Crippen LogP contribution in [0.2, 0.25) is 0 Å². The van der Waals surface area contributed by atoms with Gasteiger partial charge in [-0.05, 0) is 44.6 Å². The summed E-state index contributed by atoms with van der Waals surface area (Å²) in [4.78, 5) is 7.01. The molecule has 0 bridgehead atoms. The summed E-state index contributed by atoms with van der Waals surface area (Å²) in [7, 11) is 3.33. The van der Waals surface area contributed by atoms with Crippen molar-refractivity contribution in [3.8, 4) is 11.5 Å². The smallest absolute Gasteiger partial charge is 0.170 e. The highest BCUT2D eigenvalue weighted by atomic mass is 16.5. The Kier molecular flexibility index (Phi) is 8.48. The lowest BCUT2D eigenvalue weighted by molar-refractivity contribution is 0.295. The number of hydrogen-bond donors (Lipinski definition) is 1. The number of pyridine rings is 1. The summed E-state index contributed by atoms with van der Waals surface area (Å²) in [6, 6.07) is 5.92. The van der Waals surface area contributed by atoms with Gasteiger partial charge in [0.05, 0.1) is 25.4 Å². The molecule has 0 saturated carbocycles. The predicted molar refractivity (Wildman–Crippen MR) is 110 cm³/mol. The van der Waals surface area contributed by atoms with Gasteiger partial charge in [0.15, 0.2) is 11.5 Å². The zero-order valence-corrected chi connectivity index (χ0v) is 16.7. The molecule has 0 amide bonds. The molecule has 0 atom stereocenters. The number of rotatable bonds is 12. The number of aromatic nitrogens is 1. The Hall–Kier alpha value is -2.01. The van der Waals surface area contributed by atoms with Crippen LogP contribution in [0.3, 0.4) is 0 Å². The maximum Gasteiger partial charge on any atom is 0.170 e. The SMILES string of the molecule is CCN(CC)CCCCCCNc1cc(OC)c(OC)c2cccnc12. The van der Waals surface area contributed by atoms with Crippen molar-refractivity contribution in [2.45, 2.75) is 39.5 Å². The fourth-order valence-electron chi connectivity index (χ4n) is 3.27. The number of benzene rings is 1. The Bertz CT molecular complexity index is 672. The summed E-state index contributed by atoms with van der Waals surface area (Å²) in [6.45, 7) is 8.91. The molecule has 0 radical (unpaired) electrons. The zero-order chi connectivity index (χ0) is 18.8. The van der Waals surface area contributed by atoms with Crippen LogP contribution in [-0.4, -0.2) is 50.3 Å². The fraction of sp³-hybridized carbons (Fsp3) is 0.571. The Morgan fingerprint density at radius 1 is 1.04 bits per heavy atom. The van der Waals surface area contributed by atoms with Crippen molar-refractivity contribution in [2.75, 3.05) is 45.7 Å². The maximum atomic E-state index is 5.52. The molecule has 0 spiro atoms. The number of ether oxygens (including phenoxy) is 2. The highest BCUT2D eigenvalue weighted by molar-refractivity contribution is 5.97. The third kappa shape index (κ3) is 5.24. The maximum absolute atomic E-state index is 5.52. The number of methoxy groups -OCH3 is 2. The molecule has 0 aliphatic heterocycles. The second-order valence-corrected chi connectivity index (χ2v) is 6.43. The molecule has 1 aromatic heterocycles. The first-order valence-electron chi connectivity index (χ1n) is 9.71. The lowest BCUT2D eigenvalue weighted by Crippen LogP contribution is -2.23. The minimum Gasteiger partial charge on any atom is -0.493 e. The summed E-state index contributed by atoms with van der Waals surface area (Å²) >= 11 is 0. The molecule has 5 nitrogen and oxygen atoms in total. The molecule has 0 saturated heterocycles. The monoisotopic (exact) mass is 359 g/mol. The molecule has 0 aliphatic carbocycles. The number of unbranched alkanes of at least 4 members (excludes halogenated alkanes) is 3. The first-order valence-corrected chi connectivity index (χ1v) is 9.71. The van der Waals surface area contributed by atoms with Crippen molar-refractivity contribution < 1.29 is 9.47 Å². The van der Waals surface area contributed by atoms with Crippen molar-refractivity contribution in [3.05, 3.63) is 24.4 Å². The molecule has 2 aromatic rings. The Labute approximate surface area is 157 Å². The molecular formula is C21H33N3O2. The van der Waals surface area contributed by atoms with Gasteiger partial charge in [-0.2, -0.15) is 0 Å². The van der Waals surface area contributed by atoms with E-state index in [0.29, 0.717) is 0 Å². The van der Waals surface area contributed by atoms with E-state index in [4.69, 9.17) is 9.47 Å². The van der Waals surface area contributed by atoms with Crippen molar-refractivity contribution in [1.29, 1.82) is 0 Å².